The molecule has 12 heteroatoms. The molecule has 3 N–H and O–H groups in total. The molecule has 0 unspecified atom stereocenters. The SMILES string of the molecule is CCO.C[Si](C)(C)c1ncc(C(=O)c2ccccc2[N+](=O)[O-])s1.Nc1ccccc1C(=O)c1cncs1.[HH].[HH].[HH]. The molecule has 0 aliphatic carbocycles. The van der Waals surface area contributed by atoms with Gasteiger partial charge in [0.15, 0.2) is 0 Å². The van der Waals surface area contributed by atoms with Gasteiger partial charge in [-0.2, -0.15) is 0 Å². The quantitative estimate of drug-likeness (QED) is 0.103. The van der Waals surface area contributed by atoms with E-state index in [9.17, 15) is 19.7 Å². The van der Waals surface area contributed by atoms with Crippen molar-refractivity contribution >= 4 is 58.3 Å². The highest BCUT2D eigenvalue weighted by Gasteiger charge is 2.26. The van der Waals surface area contributed by atoms with Gasteiger partial charge in [-0.05, 0) is 25.1 Å². The number of aliphatic hydroxyl groups is 1. The van der Waals surface area contributed by atoms with Crippen LogP contribution in [0.4, 0.5) is 11.4 Å². The van der Waals surface area contributed by atoms with E-state index in [1.54, 1.807) is 55.0 Å². The van der Waals surface area contributed by atoms with Crippen molar-refractivity contribution in [2.45, 2.75) is 26.6 Å². The molecule has 0 aliphatic rings. The smallest absolute Gasteiger partial charge is 0.280 e. The Labute approximate surface area is 228 Å². The predicted molar refractivity (Wildman–Crippen MR) is 157 cm³/mol. The number of nitro groups is 1. The first-order chi connectivity index (χ1) is 17.5. The molecule has 2 heterocycles. The van der Waals surface area contributed by atoms with E-state index in [1.165, 1.54) is 41.0 Å². The minimum absolute atomic E-state index is 0. The summed E-state index contributed by atoms with van der Waals surface area (Å²) in [6, 6.07) is 13.0. The summed E-state index contributed by atoms with van der Waals surface area (Å²) in [6.07, 6.45) is 3.08. The second-order valence-corrected chi connectivity index (χ2v) is 15.7. The van der Waals surface area contributed by atoms with Gasteiger partial charge in [-0.1, -0.05) is 43.9 Å². The van der Waals surface area contributed by atoms with Gasteiger partial charge < -0.3 is 10.8 Å². The van der Waals surface area contributed by atoms with Crippen molar-refractivity contribution < 1.29 is 23.9 Å². The Morgan fingerprint density at radius 3 is 2.11 bits per heavy atom. The monoisotopic (exact) mass is 562 g/mol. The van der Waals surface area contributed by atoms with Gasteiger partial charge in [-0.25, -0.2) is 0 Å². The molecule has 0 saturated carbocycles. The van der Waals surface area contributed by atoms with E-state index in [0.29, 0.717) is 21.0 Å². The van der Waals surface area contributed by atoms with E-state index in [2.05, 4.69) is 29.6 Å². The summed E-state index contributed by atoms with van der Waals surface area (Å²) in [5.74, 6) is -0.398. The van der Waals surface area contributed by atoms with Gasteiger partial charge in [0.1, 0.15) is 13.6 Å². The summed E-state index contributed by atoms with van der Waals surface area (Å²) in [4.78, 5) is 43.9. The van der Waals surface area contributed by atoms with Gasteiger partial charge in [0.05, 0.1) is 24.8 Å². The number of carbonyl (C=O) groups excluding carboxylic acids is 2. The number of benzene rings is 2. The molecule has 0 spiro atoms. The molecule has 0 amide bonds. The summed E-state index contributed by atoms with van der Waals surface area (Å²) < 4.78 is 0.972. The largest absolute Gasteiger partial charge is 0.398 e. The summed E-state index contributed by atoms with van der Waals surface area (Å²) >= 11 is 2.66. The van der Waals surface area contributed by atoms with E-state index in [-0.39, 0.29) is 33.7 Å². The van der Waals surface area contributed by atoms with Crippen LogP contribution in [0.5, 0.6) is 0 Å². The number of ketones is 2. The number of anilines is 1. The predicted octanol–water partition coefficient (Wildman–Crippen LogP) is 5.52. The minimum Gasteiger partial charge on any atom is -0.398 e. The maximum Gasteiger partial charge on any atom is 0.280 e. The van der Waals surface area contributed by atoms with Crippen molar-refractivity contribution in [3.05, 3.63) is 97.4 Å². The summed E-state index contributed by atoms with van der Waals surface area (Å²) in [6.45, 7) is 8.36. The lowest BCUT2D eigenvalue weighted by Crippen LogP contribution is -2.36. The van der Waals surface area contributed by atoms with E-state index < -0.39 is 13.0 Å². The molecule has 0 aliphatic heterocycles. The third kappa shape index (κ3) is 8.22. The third-order valence-electron chi connectivity index (χ3n) is 4.58. The second-order valence-electron chi connectivity index (χ2n) is 8.48. The molecule has 4 aromatic rings. The van der Waals surface area contributed by atoms with Crippen LogP contribution in [0.1, 0.15) is 41.7 Å². The fourth-order valence-electron chi connectivity index (χ4n) is 2.85. The molecular formula is C25H34N4O5S2Si. The maximum atomic E-state index is 12.4. The van der Waals surface area contributed by atoms with Gasteiger partial charge >= 0.3 is 0 Å². The summed E-state index contributed by atoms with van der Waals surface area (Å²) in [5.41, 5.74) is 8.31. The van der Waals surface area contributed by atoms with Crippen molar-refractivity contribution in [2.24, 2.45) is 0 Å². The number of rotatable bonds is 6. The van der Waals surface area contributed by atoms with E-state index >= 15 is 0 Å². The Balaban J connectivity index is 0. The van der Waals surface area contributed by atoms with Crippen LogP contribution >= 0.6 is 22.7 Å². The van der Waals surface area contributed by atoms with Crippen molar-refractivity contribution in [3.63, 3.8) is 0 Å². The van der Waals surface area contributed by atoms with E-state index in [0.717, 1.165) is 4.63 Å². The first-order valence-corrected chi connectivity index (χ1v) is 16.3. The normalized spacial score (nSPS) is 10.4. The number of nitro benzene ring substituents is 1. The first kappa shape index (κ1) is 29.6. The molecule has 0 atom stereocenters. The topological polar surface area (TPSA) is 149 Å². The van der Waals surface area contributed by atoms with Crippen LogP contribution in [-0.2, 0) is 0 Å². The molecule has 9 nitrogen and oxygen atoms in total. The van der Waals surface area contributed by atoms with Crippen LogP contribution in [0.25, 0.3) is 0 Å². The van der Waals surface area contributed by atoms with Crippen molar-refractivity contribution in [1.29, 1.82) is 0 Å². The lowest BCUT2D eigenvalue weighted by Gasteiger charge is -2.10. The van der Waals surface area contributed by atoms with Gasteiger partial charge in [-0.15, -0.1) is 22.7 Å². The zero-order valence-corrected chi connectivity index (χ0v) is 23.5. The van der Waals surface area contributed by atoms with Gasteiger partial charge in [0.2, 0.25) is 11.6 Å². The van der Waals surface area contributed by atoms with Crippen LogP contribution in [0.2, 0.25) is 19.6 Å². The van der Waals surface area contributed by atoms with Gasteiger partial charge in [0, 0.05) is 40.6 Å². The van der Waals surface area contributed by atoms with Crippen LogP contribution in [-0.4, -0.2) is 46.2 Å². The Bertz CT molecular complexity index is 1370. The highest BCUT2D eigenvalue weighted by Crippen LogP contribution is 2.23. The highest BCUT2D eigenvalue weighted by molar-refractivity contribution is 7.27. The molecule has 0 radical (unpaired) electrons. The van der Waals surface area contributed by atoms with Crippen LogP contribution < -0.4 is 10.4 Å². The van der Waals surface area contributed by atoms with Crippen molar-refractivity contribution in [3.8, 4) is 0 Å². The van der Waals surface area contributed by atoms with Gasteiger partial charge in [0.25, 0.3) is 5.69 Å². The number of nitrogens with zero attached hydrogens (tertiary/aromatic N) is 3. The number of nitrogens with two attached hydrogens (primary N) is 1. The number of nitrogen functional groups attached to an aromatic ring is 1. The van der Waals surface area contributed by atoms with E-state index in [1.807, 2.05) is 0 Å². The fraction of sp³-hybridized carbons (Fsp3) is 0.200. The molecule has 0 saturated heterocycles. The van der Waals surface area contributed by atoms with Crippen LogP contribution in [0.15, 0.2) is 66.4 Å². The molecule has 0 bridgehead atoms. The molecule has 200 valence electrons. The number of aliphatic hydroxyl groups excluding tert-OH is 1. The zero-order valence-electron chi connectivity index (χ0n) is 20.9. The molecule has 0 fully saturated rings. The third-order valence-corrected chi connectivity index (χ3v) is 9.71. The number of para-hydroxylation sites is 2. The Morgan fingerprint density at radius 1 is 1.03 bits per heavy atom. The lowest BCUT2D eigenvalue weighted by molar-refractivity contribution is -0.385. The molecule has 4 rings (SSSR count). The number of thiazole rings is 2. The van der Waals surface area contributed by atoms with Crippen molar-refractivity contribution in [2.75, 3.05) is 12.3 Å². The maximum absolute atomic E-state index is 12.4. The Hall–Kier alpha value is -3.58. The minimum atomic E-state index is -1.57. The van der Waals surface area contributed by atoms with E-state index in [4.69, 9.17) is 10.8 Å². The fourth-order valence-corrected chi connectivity index (χ4v) is 6.05. The summed E-state index contributed by atoms with van der Waals surface area (Å²) in [7, 11) is -1.57. The highest BCUT2D eigenvalue weighted by atomic mass is 32.1. The molecular weight excluding hydrogens is 529 g/mol. The standard InChI is InChI=1S/C13H14N2O3SSi.C10H8N2OS.C2H6O.3H2/c1-20(2,3)13-14-8-11(19-13)12(16)9-6-4-5-7-10(9)15(17)18;11-8-4-2-1-3-7(8)10(13)9-5-12-6-14-9;1-2-3;;;/h4-8H,1-3H3;1-6H,11H2;3H,2H2,1H3;3*1H. The number of hydrogen-bond acceptors (Lipinski definition) is 10. The molecule has 37 heavy (non-hydrogen) atoms. The zero-order chi connectivity index (χ0) is 27.6. The molecule has 2 aromatic heterocycles. The Kier molecular flexibility index (Phi) is 10.9. The number of carbonyl (C=O) groups is 2. The van der Waals surface area contributed by atoms with Gasteiger partial charge in [-0.3, -0.25) is 29.7 Å². The average molecular weight is 563 g/mol. The summed E-state index contributed by atoms with van der Waals surface area (Å²) in [5, 5.41) is 18.5. The lowest BCUT2D eigenvalue weighted by atomic mass is 10.1. The number of hydrogen-bond donors (Lipinski definition) is 2. The second kappa shape index (κ2) is 13.6. The number of aromatic nitrogens is 2. The average Bonchev–Trinajstić information content (AvgIpc) is 3.57. The first-order valence-electron chi connectivity index (χ1n) is 11.1. The van der Waals surface area contributed by atoms with Crippen LogP contribution in [0, 0.1) is 10.1 Å². The van der Waals surface area contributed by atoms with Crippen molar-refractivity contribution in [1.82, 2.24) is 9.97 Å². The molecule has 2 aromatic carbocycles. The Morgan fingerprint density at radius 2 is 1.59 bits per heavy atom. The van der Waals surface area contributed by atoms with Crippen LogP contribution in [0.3, 0.4) is 0 Å².